The topological polar surface area (TPSA) is 54.4 Å². The summed E-state index contributed by atoms with van der Waals surface area (Å²) in [5.41, 5.74) is 0.159. The van der Waals surface area contributed by atoms with Gasteiger partial charge in [0.05, 0.1) is 0 Å². The van der Waals surface area contributed by atoms with Gasteiger partial charge in [-0.2, -0.15) is 0 Å². The van der Waals surface area contributed by atoms with Crippen LogP contribution in [0.5, 0.6) is 0 Å². The van der Waals surface area contributed by atoms with Crippen molar-refractivity contribution in [2.75, 3.05) is 0 Å². The summed E-state index contributed by atoms with van der Waals surface area (Å²) in [7, 11) is 0. The number of hydrogen-bond acceptors (Lipinski definition) is 3. The van der Waals surface area contributed by atoms with E-state index in [4.69, 9.17) is 0 Å². The zero-order valence-corrected chi connectivity index (χ0v) is 19.3. The number of aliphatic hydroxyl groups is 1. The van der Waals surface area contributed by atoms with Gasteiger partial charge in [-0.05, 0) is 0 Å². The van der Waals surface area contributed by atoms with Crippen molar-refractivity contribution in [2.24, 2.45) is 22.2 Å². The first-order valence-electron chi connectivity index (χ1n) is 11.1. The van der Waals surface area contributed by atoms with Gasteiger partial charge in [-0.25, -0.2) is 0 Å². The summed E-state index contributed by atoms with van der Waals surface area (Å²) in [5.74, 6) is 0.925. The van der Waals surface area contributed by atoms with Crippen LogP contribution < -0.4 is 4.46 Å². The normalized spacial score (nSPS) is 35.8. The summed E-state index contributed by atoms with van der Waals surface area (Å²) in [6.45, 7) is 4.78. The van der Waals surface area contributed by atoms with E-state index >= 15 is 0 Å². The Morgan fingerprint density at radius 2 is 1.69 bits per heavy atom. The fraction of sp³-hybridized carbons (Fsp3) is 0.640. The molecule has 1 aromatic rings. The van der Waals surface area contributed by atoms with E-state index in [0.717, 1.165) is 31.0 Å². The Kier molecular flexibility index (Phi) is 4.59. The molecule has 2 bridgehead atoms. The summed E-state index contributed by atoms with van der Waals surface area (Å²) >= 11 is -1.26. The molecule has 4 atom stereocenters. The van der Waals surface area contributed by atoms with Crippen LogP contribution in [0.4, 0.5) is 0 Å². The zero-order chi connectivity index (χ0) is 20.4. The number of carbonyl (C=O) groups excluding carboxylic acids is 2. The van der Waals surface area contributed by atoms with Crippen molar-refractivity contribution >= 4 is 33.9 Å². The SMILES string of the molecule is CC1(C)[C@@H]2CC[C@@]1(C[Se](=C1CC3(CC(=O)CC(=O)C3)C1)c1ccccc1)[C@H](O)C2. The van der Waals surface area contributed by atoms with Gasteiger partial charge in [0, 0.05) is 0 Å². The summed E-state index contributed by atoms with van der Waals surface area (Å²) in [4.78, 5) is 24.2. The molecule has 4 aliphatic carbocycles. The second kappa shape index (κ2) is 6.70. The number of fused-ring (bicyclic) bond motifs is 2. The van der Waals surface area contributed by atoms with Crippen LogP contribution in [0.25, 0.3) is 0 Å². The van der Waals surface area contributed by atoms with E-state index in [0.29, 0.717) is 18.8 Å². The van der Waals surface area contributed by atoms with Crippen molar-refractivity contribution in [3.05, 3.63) is 30.3 Å². The molecule has 0 saturated heterocycles. The van der Waals surface area contributed by atoms with E-state index in [1.54, 1.807) is 4.42 Å². The van der Waals surface area contributed by atoms with Gasteiger partial charge in [-0.1, -0.05) is 0 Å². The van der Waals surface area contributed by atoms with E-state index in [2.05, 4.69) is 44.2 Å². The minimum atomic E-state index is -1.26. The predicted molar refractivity (Wildman–Crippen MR) is 117 cm³/mol. The number of ketones is 2. The molecule has 0 heterocycles. The maximum atomic E-state index is 12.1. The molecular weight excluding hydrogens is 427 g/mol. The van der Waals surface area contributed by atoms with Crippen LogP contribution in [0.2, 0.25) is 5.32 Å². The molecule has 156 valence electrons. The number of Topliss-reactive ketones (excluding diaryl/α,β-unsaturated/α-hetero) is 2. The van der Waals surface area contributed by atoms with Gasteiger partial charge >= 0.3 is 178 Å². The molecule has 0 amide bonds. The van der Waals surface area contributed by atoms with Gasteiger partial charge in [0.15, 0.2) is 0 Å². The first-order valence-corrected chi connectivity index (χ1v) is 14.0. The number of carbonyl (C=O) groups is 2. The third-order valence-electron chi connectivity index (χ3n) is 8.85. The van der Waals surface area contributed by atoms with Crippen molar-refractivity contribution < 1.29 is 14.7 Å². The molecule has 29 heavy (non-hydrogen) atoms. The van der Waals surface area contributed by atoms with E-state index < -0.39 is 13.5 Å². The Bertz CT molecular complexity index is 874. The third kappa shape index (κ3) is 2.98. The Hall–Kier alpha value is -1.09. The molecule has 4 fully saturated rings. The van der Waals surface area contributed by atoms with Gasteiger partial charge in [-0.3, -0.25) is 0 Å². The Morgan fingerprint density at radius 3 is 2.24 bits per heavy atom. The fourth-order valence-electron chi connectivity index (χ4n) is 7.03. The molecule has 1 N–H and O–H groups in total. The van der Waals surface area contributed by atoms with Crippen molar-refractivity contribution in [3.63, 3.8) is 0 Å². The van der Waals surface area contributed by atoms with Gasteiger partial charge < -0.3 is 0 Å². The van der Waals surface area contributed by atoms with Crippen LogP contribution >= 0.6 is 0 Å². The van der Waals surface area contributed by atoms with E-state index in [1.165, 1.54) is 10.9 Å². The van der Waals surface area contributed by atoms with E-state index in [1.807, 2.05) is 0 Å². The molecule has 0 aromatic heterocycles. The minimum absolute atomic E-state index is 0.0339. The zero-order valence-electron chi connectivity index (χ0n) is 17.6. The molecule has 0 radical (unpaired) electrons. The quantitative estimate of drug-likeness (QED) is 0.557. The van der Waals surface area contributed by atoms with Gasteiger partial charge in [-0.15, -0.1) is 0 Å². The Labute approximate surface area is 177 Å². The molecule has 4 aliphatic rings. The second-order valence-electron chi connectivity index (χ2n) is 10.7. The van der Waals surface area contributed by atoms with Crippen LogP contribution in [-0.2, 0) is 9.59 Å². The van der Waals surface area contributed by atoms with Crippen LogP contribution in [0, 0.1) is 22.2 Å². The molecule has 4 heteroatoms. The summed E-state index contributed by atoms with van der Waals surface area (Å²) in [6, 6.07) is 10.9. The number of hydrogen-bond donors (Lipinski definition) is 1. The van der Waals surface area contributed by atoms with Crippen molar-refractivity contribution in [1.29, 1.82) is 0 Å². The standard InChI is InChI=1S/C25H32O3Se/c1-23(2)17-8-9-25(23,22(28)10-17)16-29(20-6-4-3-5-7-20)21-14-24(15-21)12-18(26)11-19(27)13-24/h3-7,17,22,28H,8-16H2,1-2H3/t17-,22-,25-,29?/m1/s1. The number of aliphatic hydroxyl groups excluding tert-OH is 1. The first-order chi connectivity index (χ1) is 13.7. The van der Waals surface area contributed by atoms with Crippen LogP contribution in [0.3, 0.4) is 0 Å². The molecule has 1 unspecified atom stereocenters. The van der Waals surface area contributed by atoms with Crippen molar-refractivity contribution in [3.8, 4) is 0 Å². The van der Waals surface area contributed by atoms with Gasteiger partial charge in [0.2, 0.25) is 0 Å². The molecule has 5 rings (SSSR count). The second-order valence-corrected chi connectivity index (χ2v) is 15.2. The van der Waals surface area contributed by atoms with E-state index in [-0.39, 0.29) is 40.3 Å². The molecular formula is C25H32O3Se. The van der Waals surface area contributed by atoms with Gasteiger partial charge in [0.25, 0.3) is 0 Å². The summed E-state index contributed by atoms with van der Waals surface area (Å²) < 4.78 is 3.07. The third-order valence-corrected chi connectivity index (χ3v) is 14.4. The van der Waals surface area contributed by atoms with Crippen molar-refractivity contribution in [1.82, 2.24) is 0 Å². The summed E-state index contributed by atoms with van der Waals surface area (Å²) in [5, 5.41) is 12.2. The van der Waals surface area contributed by atoms with Crippen LogP contribution in [0.15, 0.2) is 30.3 Å². The maximum absolute atomic E-state index is 12.1. The molecule has 4 saturated carbocycles. The summed E-state index contributed by atoms with van der Waals surface area (Å²) in [6.07, 6.45) is 6.44. The molecule has 1 aromatic carbocycles. The van der Waals surface area contributed by atoms with E-state index in [9.17, 15) is 14.7 Å². The first kappa shape index (κ1) is 19.8. The molecule has 1 spiro atoms. The fourth-order valence-corrected chi connectivity index (χ4v) is 14.1. The Balaban J connectivity index is 1.51. The van der Waals surface area contributed by atoms with Gasteiger partial charge in [0.1, 0.15) is 0 Å². The predicted octanol–water partition coefficient (Wildman–Crippen LogP) is 3.43. The molecule has 3 nitrogen and oxygen atoms in total. The number of rotatable bonds is 3. The Morgan fingerprint density at radius 1 is 1.03 bits per heavy atom. The van der Waals surface area contributed by atoms with Crippen LogP contribution in [0.1, 0.15) is 65.2 Å². The van der Waals surface area contributed by atoms with Crippen molar-refractivity contribution in [2.45, 2.75) is 76.6 Å². The van der Waals surface area contributed by atoms with Crippen LogP contribution in [-0.4, -0.2) is 40.7 Å². The average molecular weight is 459 g/mol. The number of benzene rings is 1. The average Bonchev–Trinajstić information content (AvgIpc) is 2.99. The molecule has 0 aliphatic heterocycles. The monoisotopic (exact) mass is 460 g/mol.